The average Bonchev–Trinajstić information content (AvgIpc) is 2.50. The van der Waals surface area contributed by atoms with E-state index in [2.05, 4.69) is 0 Å². The third-order valence-corrected chi connectivity index (χ3v) is 3.52. The van der Waals surface area contributed by atoms with Crippen LogP contribution in [0, 0.1) is 0 Å². The molecule has 0 bridgehead atoms. The first-order valence-electron chi connectivity index (χ1n) is 6.77. The molecule has 2 aromatic rings. The van der Waals surface area contributed by atoms with Crippen LogP contribution in [0.4, 0.5) is 0 Å². The van der Waals surface area contributed by atoms with Crippen LogP contribution >= 0.6 is 0 Å². The summed E-state index contributed by atoms with van der Waals surface area (Å²) in [5.74, 6) is 0.482. The van der Waals surface area contributed by atoms with Crippen LogP contribution in [0.5, 0.6) is 11.5 Å². The van der Waals surface area contributed by atoms with E-state index in [1.54, 1.807) is 18.2 Å². The second-order valence-corrected chi connectivity index (χ2v) is 5.03. The molecule has 0 fully saturated rings. The van der Waals surface area contributed by atoms with Gasteiger partial charge in [-0.05, 0) is 29.8 Å². The normalized spacial score (nSPS) is 12.0. The molecule has 0 aromatic heterocycles. The Morgan fingerprint density at radius 3 is 2.57 bits per heavy atom. The number of carbonyl (C=O) groups excluding carboxylic acids is 1. The molecule has 0 aliphatic carbocycles. The summed E-state index contributed by atoms with van der Waals surface area (Å²) in [6.07, 6.45) is 0.590. The van der Waals surface area contributed by atoms with Gasteiger partial charge in [-0.1, -0.05) is 18.2 Å². The lowest BCUT2D eigenvalue weighted by Crippen LogP contribution is -2.07. The summed E-state index contributed by atoms with van der Waals surface area (Å²) in [6, 6.07) is 13.1. The van der Waals surface area contributed by atoms with Crippen LogP contribution in [0.25, 0.3) is 0 Å². The number of hydrogen-bond acceptors (Lipinski definition) is 3. The summed E-state index contributed by atoms with van der Waals surface area (Å²) < 4.78 is 5.80. The van der Waals surface area contributed by atoms with Crippen molar-refractivity contribution in [1.82, 2.24) is 0 Å². The molecule has 0 unspecified atom stereocenters. The van der Waals surface area contributed by atoms with Gasteiger partial charge in [-0.3, -0.25) is 9.59 Å². The smallest absolute Gasteiger partial charge is 0.303 e. The number of aliphatic carboxylic acids is 1. The molecule has 0 amide bonds. The van der Waals surface area contributed by atoms with Crippen molar-refractivity contribution in [2.75, 3.05) is 0 Å². The highest BCUT2D eigenvalue weighted by atomic mass is 16.5. The highest BCUT2D eigenvalue weighted by molar-refractivity contribution is 5.97. The van der Waals surface area contributed by atoms with Crippen molar-refractivity contribution < 1.29 is 19.4 Å². The van der Waals surface area contributed by atoms with Crippen molar-refractivity contribution in [3.8, 4) is 11.5 Å². The van der Waals surface area contributed by atoms with Gasteiger partial charge in [-0.25, -0.2) is 0 Å². The monoisotopic (exact) mass is 282 g/mol. The molecule has 3 rings (SSSR count). The number of carboxylic acid groups (broad SMARTS) is 1. The van der Waals surface area contributed by atoms with Gasteiger partial charge in [0.1, 0.15) is 11.5 Å². The van der Waals surface area contributed by atoms with Crippen molar-refractivity contribution in [3.05, 3.63) is 59.2 Å². The number of para-hydroxylation sites is 1. The fraction of sp³-hybridized carbons (Fsp3) is 0.176. The van der Waals surface area contributed by atoms with Gasteiger partial charge < -0.3 is 9.84 Å². The standard InChI is InChI=1S/C17H14O4/c18-14(6-8-17(19)20)11-5-7-16-13(9-11)10-12-3-1-2-4-15(12)21-16/h1-5,7,9H,6,8,10H2,(H,19,20). The second kappa shape index (κ2) is 5.40. The molecule has 0 radical (unpaired) electrons. The average molecular weight is 282 g/mol. The maximum Gasteiger partial charge on any atom is 0.303 e. The van der Waals surface area contributed by atoms with Crippen molar-refractivity contribution in [2.24, 2.45) is 0 Å². The summed E-state index contributed by atoms with van der Waals surface area (Å²) in [5, 5.41) is 8.64. The van der Waals surface area contributed by atoms with Crippen LogP contribution in [-0.4, -0.2) is 16.9 Å². The summed E-state index contributed by atoms with van der Waals surface area (Å²) in [6.45, 7) is 0. The lowest BCUT2D eigenvalue weighted by Gasteiger charge is -2.20. The number of ether oxygens (including phenoxy) is 1. The summed E-state index contributed by atoms with van der Waals surface area (Å²) in [7, 11) is 0. The Labute approximate surface area is 122 Å². The number of hydrogen-bond donors (Lipinski definition) is 1. The van der Waals surface area contributed by atoms with Crippen molar-refractivity contribution >= 4 is 11.8 Å². The molecule has 0 saturated carbocycles. The van der Waals surface area contributed by atoms with Gasteiger partial charge >= 0.3 is 5.97 Å². The Morgan fingerprint density at radius 2 is 1.76 bits per heavy atom. The maximum absolute atomic E-state index is 12.0. The van der Waals surface area contributed by atoms with Gasteiger partial charge in [-0.2, -0.15) is 0 Å². The predicted molar refractivity (Wildman–Crippen MR) is 77.0 cm³/mol. The highest BCUT2D eigenvalue weighted by Crippen LogP contribution is 2.36. The second-order valence-electron chi connectivity index (χ2n) is 5.03. The third kappa shape index (κ3) is 2.79. The molecule has 0 atom stereocenters. The molecule has 2 aromatic carbocycles. The van der Waals surface area contributed by atoms with E-state index >= 15 is 0 Å². The molecule has 4 nitrogen and oxygen atoms in total. The van der Waals surface area contributed by atoms with Crippen molar-refractivity contribution in [2.45, 2.75) is 19.3 Å². The minimum absolute atomic E-state index is 0.0194. The van der Waals surface area contributed by atoms with Gasteiger partial charge in [0.2, 0.25) is 0 Å². The van der Waals surface area contributed by atoms with Crippen LogP contribution in [0.1, 0.15) is 34.3 Å². The fourth-order valence-corrected chi connectivity index (χ4v) is 2.43. The summed E-state index contributed by atoms with van der Waals surface area (Å²) in [4.78, 5) is 22.5. The number of Topliss-reactive ketones (excluding diaryl/α,β-unsaturated/α-hetero) is 1. The van der Waals surface area contributed by atoms with E-state index < -0.39 is 5.97 Å². The maximum atomic E-state index is 12.0. The Bertz CT molecular complexity index is 718. The Hall–Kier alpha value is -2.62. The van der Waals surface area contributed by atoms with E-state index in [1.807, 2.05) is 24.3 Å². The molecule has 4 heteroatoms. The van der Waals surface area contributed by atoms with Crippen LogP contribution in [0.3, 0.4) is 0 Å². The van der Waals surface area contributed by atoms with Gasteiger partial charge in [0.25, 0.3) is 0 Å². The van der Waals surface area contributed by atoms with Gasteiger partial charge in [-0.15, -0.1) is 0 Å². The molecule has 106 valence electrons. The molecule has 1 aliphatic rings. The van der Waals surface area contributed by atoms with Crippen LogP contribution < -0.4 is 4.74 Å². The quantitative estimate of drug-likeness (QED) is 0.745. The molecule has 1 heterocycles. The van der Waals surface area contributed by atoms with E-state index in [1.165, 1.54) is 0 Å². The van der Waals surface area contributed by atoms with Gasteiger partial charge in [0.15, 0.2) is 5.78 Å². The van der Waals surface area contributed by atoms with Crippen LogP contribution in [0.15, 0.2) is 42.5 Å². The zero-order valence-electron chi connectivity index (χ0n) is 11.3. The first kappa shape index (κ1) is 13.4. The fourth-order valence-electron chi connectivity index (χ4n) is 2.43. The number of fused-ring (bicyclic) bond motifs is 2. The largest absolute Gasteiger partial charge is 0.481 e. The number of ketones is 1. The van der Waals surface area contributed by atoms with Gasteiger partial charge in [0, 0.05) is 24.0 Å². The molecule has 0 saturated heterocycles. The lowest BCUT2D eigenvalue weighted by atomic mass is 9.96. The van der Waals surface area contributed by atoms with Crippen LogP contribution in [-0.2, 0) is 11.2 Å². The SMILES string of the molecule is O=C(O)CCC(=O)c1ccc2c(c1)Cc1ccccc1O2. The van der Waals surface area contributed by atoms with Crippen LogP contribution in [0.2, 0.25) is 0 Å². The zero-order valence-corrected chi connectivity index (χ0v) is 11.3. The topological polar surface area (TPSA) is 63.6 Å². The lowest BCUT2D eigenvalue weighted by molar-refractivity contribution is -0.136. The summed E-state index contributed by atoms with van der Waals surface area (Å²) >= 11 is 0. The Kier molecular flexibility index (Phi) is 3.44. The van der Waals surface area contributed by atoms with E-state index in [9.17, 15) is 9.59 Å². The third-order valence-electron chi connectivity index (χ3n) is 3.52. The highest BCUT2D eigenvalue weighted by Gasteiger charge is 2.18. The number of carboxylic acids is 1. The number of benzene rings is 2. The minimum atomic E-state index is -0.960. The van der Waals surface area contributed by atoms with E-state index in [-0.39, 0.29) is 18.6 Å². The minimum Gasteiger partial charge on any atom is -0.481 e. The Morgan fingerprint density at radius 1 is 1.00 bits per heavy atom. The molecule has 0 spiro atoms. The number of carbonyl (C=O) groups is 2. The number of rotatable bonds is 4. The van der Waals surface area contributed by atoms with Crippen molar-refractivity contribution in [1.29, 1.82) is 0 Å². The molecule has 1 N–H and O–H groups in total. The molecule has 21 heavy (non-hydrogen) atoms. The molecular weight excluding hydrogens is 268 g/mol. The van der Waals surface area contributed by atoms with Crippen molar-refractivity contribution in [3.63, 3.8) is 0 Å². The molecule has 1 aliphatic heterocycles. The zero-order chi connectivity index (χ0) is 14.8. The van der Waals surface area contributed by atoms with E-state index in [0.29, 0.717) is 12.0 Å². The van der Waals surface area contributed by atoms with E-state index in [0.717, 1.165) is 22.6 Å². The van der Waals surface area contributed by atoms with E-state index in [4.69, 9.17) is 9.84 Å². The van der Waals surface area contributed by atoms with Gasteiger partial charge in [0.05, 0.1) is 6.42 Å². The Balaban J connectivity index is 1.83. The first-order chi connectivity index (χ1) is 10.1. The predicted octanol–water partition coefficient (Wildman–Crippen LogP) is 3.43. The summed E-state index contributed by atoms with van der Waals surface area (Å²) in [5.41, 5.74) is 2.58. The first-order valence-corrected chi connectivity index (χ1v) is 6.77. The molecular formula is C17H14O4.